The number of likely N-dealkylation sites (tertiary alicyclic amines) is 1. The number of nitrogens with zero attached hydrogens (tertiary/aromatic N) is 1. The number of hydrogen-bond acceptors (Lipinski definition) is 3. The van der Waals surface area contributed by atoms with Gasteiger partial charge in [-0.2, -0.15) is 0 Å². The quantitative estimate of drug-likeness (QED) is 0.837. The number of hydrogen-bond donors (Lipinski definition) is 1. The van der Waals surface area contributed by atoms with Gasteiger partial charge in [0.25, 0.3) is 5.91 Å². The fourth-order valence-electron chi connectivity index (χ4n) is 2.21. The van der Waals surface area contributed by atoms with E-state index in [-0.39, 0.29) is 12.0 Å². The van der Waals surface area contributed by atoms with E-state index in [9.17, 15) is 4.79 Å². The van der Waals surface area contributed by atoms with E-state index >= 15 is 0 Å². The van der Waals surface area contributed by atoms with Crippen LogP contribution in [0.2, 0.25) is 5.02 Å². The number of benzene rings is 1. The Labute approximate surface area is 112 Å². The van der Waals surface area contributed by atoms with Gasteiger partial charge in [0.15, 0.2) is 0 Å². The first-order valence-corrected chi connectivity index (χ1v) is 6.36. The molecule has 2 rings (SSSR count). The Balaban J connectivity index is 2.15. The SMILES string of the molecule is COC1CCCN(C(=O)c2ccc(Cl)cc2N)C1. The largest absolute Gasteiger partial charge is 0.398 e. The van der Waals surface area contributed by atoms with Gasteiger partial charge >= 0.3 is 0 Å². The first-order chi connectivity index (χ1) is 8.61. The van der Waals surface area contributed by atoms with Crippen LogP contribution >= 0.6 is 11.6 Å². The monoisotopic (exact) mass is 268 g/mol. The van der Waals surface area contributed by atoms with Crippen molar-refractivity contribution in [3.63, 3.8) is 0 Å². The smallest absolute Gasteiger partial charge is 0.256 e. The van der Waals surface area contributed by atoms with E-state index in [0.29, 0.717) is 22.8 Å². The Kier molecular flexibility index (Phi) is 4.09. The third-order valence-corrected chi connectivity index (χ3v) is 3.48. The van der Waals surface area contributed by atoms with Gasteiger partial charge in [-0.25, -0.2) is 0 Å². The first-order valence-electron chi connectivity index (χ1n) is 5.99. The molecule has 0 radical (unpaired) electrons. The number of carbonyl (C=O) groups is 1. The average Bonchev–Trinajstić information content (AvgIpc) is 2.38. The average molecular weight is 269 g/mol. The maximum atomic E-state index is 12.3. The molecule has 0 saturated carbocycles. The molecule has 1 atom stereocenters. The molecule has 1 aromatic rings. The van der Waals surface area contributed by atoms with Crippen molar-refractivity contribution in [1.29, 1.82) is 0 Å². The summed E-state index contributed by atoms with van der Waals surface area (Å²) in [6.45, 7) is 1.37. The third-order valence-electron chi connectivity index (χ3n) is 3.24. The molecular formula is C13H17ClN2O2. The zero-order valence-corrected chi connectivity index (χ0v) is 11.1. The molecule has 1 heterocycles. The molecule has 1 saturated heterocycles. The number of amides is 1. The summed E-state index contributed by atoms with van der Waals surface area (Å²) in [7, 11) is 1.68. The van der Waals surface area contributed by atoms with Crippen LogP contribution < -0.4 is 5.73 Å². The van der Waals surface area contributed by atoms with Crippen molar-refractivity contribution in [1.82, 2.24) is 4.90 Å². The van der Waals surface area contributed by atoms with Crippen LogP contribution in [0, 0.1) is 0 Å². The van der Waals surface area contributed by atoms with E-state index in [1.54, 1.807) is 30.2 Å². The van der Waals surface area contributed by atoms with Crippen LogP contribution in [0.15, 0.2) is 18.2 Å². The minimum Gasteiger partial charge on any atom is -0.398 e. The van der Waals surface area contributed by atoms with E-state index in [2.05, 4.69) is 0 Å². The predicted molar refractivity (Wildman–Crippen MR) is 71.8 cm³/mol. The van der Waals surface area contributed by atoms with Crippen LogP contribution in [0.5, 0.6) is 0 Å². The molecule has 0 aliphatic carbocycles. The molecule has 0 spiro atoms. The van der Waals surface area contributed by atoms with Crippen LogP contribution in [0.3, 0.4) is 0 Å². The zero-order valence-electron chi connectivity index (χ0n) is 10.4. The molecule has 18 heavy (non-hydrogen) atoms. The number of carbonyl (C=O) groups excluding carboxylic acids is 1. The maximum absolute atomic E-state index is 12.3. The van der Waals surface area contributed by atoms with E-state index in [0.717, 1.165) is 19.4 Å². The molecule has 98 valence electrons. The Hall–Kier alpha value is -1.26. The van der Waals surface area contributed by atoms with Crippen LogP contribution in [0.1, 0.15) is 23.2 Å². The molecule has 0 bridgehead atoms. The lowest BCUT2D eigenvalue weighted by molar-refractivity contribution is 0.0269. The number of ether oxygens (including phenoxy) is 1. The van der Waals surface area contributed by atoms with Crippen molar-refractivity contribution in [2.75, 3.05) is 25.9 Å². The molecular weight excluding hydrogens is 252 g/mol. The summed E-state index contributed by atoms with van der Waals surface area (Å²) < 4.78 is 5.31. The lowest BCUT2D eigenvalue weighted by atomic mass is 10.1. The highest BCUT2D eigenvalue weighted by molar-refractivity contribution is 6.31. The van der Waals surface area contributed by atoms with Gasteiger partial charge in [0.05, 0.1) is 11.7 Å². The highest BCUT2D eigenvalue weighted by Gasteiger charge is 2.25. The zero-order chi connectivity index (χ0) is 13.1. The predicted octanol–water partition coefficient (Wildman–Crippen LogP) is 2.17. The van der Waals surface area contributed by atoms with Crippen molar-refractivity contribution >= 4 is 23.2 Å². The highest BCUT2D eigenvalue weighted by atomic mass is 35.5. The van der Waals surface area contributed by atoms with Gasteiger partial charge in [-0.1, -0.05) is 11.6 Å². The van der Waals surface area contributed by atoms with E-state index in [1.807, 2.05) is 0 Å². The second-order valence-electron chi connectivity index (χ2n) is 4.48. The third kappa shape index (κ3) is 2.76. The number of piperidine rings is 1. The summed E-state index contributed by atoms with van der Waals surface area (Å²) >= 11 is 5.83. The lowest BCUT2D eigenvalue weighted by Gasteiger charge is -2.32. The topological polar surface area (TPSA) is 55.6 Å². The molecule has 1 aliphatic rings. The highest BCUT2D eigenvalue weighted by Crippen LogP contribution is 2.22. The molecule has 2 N–H and O–H groups in total. The molecule has 4 nitrogen and oxygen atoms in total. The van der Waals surface area contributed by atoms with Crippen LogP contribution in [-0.2, 0) is 4.74 Å². The van der Waals surface area contributed by atoms with E-state index in [4.69, 9.17) is 22.1 Å². The molecule has 0 aromatic heterocycles. The summed E-state index contributed by atoms with van der Waals surface area (Å²) in [5, 5.41) is 0.539. The molecule has 1 aliphatic heterocycles. The van der Waals surface area contributed by atoms with Gasteiger partial charge in [0.1, 0.15) is 0 Å². The van der Waals surface area contributed by atoms with Gasteiger partial charge in [-0.15, -0.1) is 0 Å². The van der Waals surface area contributed by atoms with Gasteiger partial charge < -0.3 is 15.4 Å². The number of anilines is 1. The maximum Gasteiger partial charge on any atom is 0.256 e. The lowest BCUT2D eigenvalue weighted by Crippen LogP contribution is -2.43. The van der Waals surface area contributed by atoms with Gasteiger partial charge in [-0.3, -0.25) is 4.79 Å². The number of nitrogens with two attached hydrogens (primary N) is 1. The Morgan fingerprint density at radius 1 is 1.56 bits per heavy atom. The summed E-state index contributed by atoms with van der Waals surface area (Å²) in [6, 6.07) is 4.96. The van der Waals surface area contributed by atoms with Gasteiger partial charge in [-0.05, 0) is 31.0 Å². The van der Waals surface area contributed by atoms with E-state index < -0.39 is 0 Å². The summed E-state index contributed by atoms with van der Waals surface area (Å²) in [5.74, 6) is -0.0501. The van der Waals surface area contributed by atoms with Crippen LogP contribution in [-0.4, -0.2) is 37.1 Å². The first kappa shape index (κ1) is 13.2. The minimum atomic E-state index is -0.0501. The number of halogens is 1. The Morgan fingerprint density at radius 3 is 3.00 bits per heavy atom. The molecule has 1 fully saturated rings. The van der Waals surface area contributed by atoms with Gasteiger partial charge in [0, 0.05) is 30.9 Å². The molecule has 1 unspecified atom stereocenters. The fraction of sp³-hybridized carbons (Fsp3) is 0.462. The normalized spacial score (nSPS) is 19.9. The Morgan fingerprint density at radius 2 is 2.33 bits per heavy atom. The Bertz CT molecular complexity index is 451. The van der Waals surface area contributed by atoms with Crippen molar-refractivity contribution in [2.45, 2.75) is 18.9 Å². The van der Waals surface area contributed by atoms with Crippen molar-refractivity contribution in [2.24, 2.45) is 0 Å². The standard InChI is InChI=1S/C13H17ClN2O2/c1-18-10-3-2-6-16(8-10)13(17)11-5-4-9(14)7-12(11)15/h4-5,7,10H,2-3,6,8,15H2,1H3. The summed E-state index contributed by atoms with van der Waals surface area (Å²) in [5.41, 5.74) is 6.77. The molecule has 5 heteroatoms. The summed E-state index contributed by atoms with van der Waals surface area (Å²) in [6.07, 6.45) is 2.07. The second kappa shape index (κ2) is 5.59. The number of methoxy groups -OCH3 is 1. The minimum absolute atomic E-state index is 0.0501. The summed E-state index contributed by atoms with van der Waals surface area (Å²) in [4.78, 5) is 14.1. The van der Waals surface area contributed by atoms with Crippen LogP contribution in [0.4, 0.5) is 5.69 Å². The molecule has 1 amide bonds. The van der Waals surface area contributed by atoms with Crippen molar-refractivity contribution in [3.05, 3.63) is 28.8 Å². The van der Waals surface area contributed by atoms with Crippen molar-refractivity contribution in [3.8, 4) is 0 Å². The van der Waals surface area contributed by atoms with Gasteiger partial charge in [0.2, 0.25) is 0 Å². The number of rotatable bonds is 2. The number of nitrogen functional groups attached to an aromatic ring is 1. The molecule has 1 aromatic carbocycles. The van der Waals surface area contributed by atoms with Crippen molar-refractivity contribution < 1.29 is 9.53 Å². The second-order valence-corrected chi connectivity index (χ2v) is 4.92. The van der Waals surface area contributed by atoms with Crippen LogP contribution in [0.25, 0.3) is 0 Å². The fourth-order valence-corrected chi connectivity index (χ4v) is 2.39. The van der Waals surface area contributed by atoms with E-state index in [1.165, 1.54) is 0 Å².